The van der Waals surface area contributed by atoms with E-state index in [-0.39, 0.29) is 11.4 Å². The Kier molecular flexibility index (Phi) is 3.06. The van der Waals surface area contributed by atoms with Gasteiger partial charge in [0.1, 0.15) is 11.3 Å². The molecule has 1 aromatic rings. The summed E-state index contributed by atoms with van der Waals surface area (Å²) in [5.74, 6) is 0.992. The summed E-state index contributed by atoms with van der Waals surface area (Å²) in [5, 5.41) is 6.31. The fourth-order valence-electron chi connectivity index (χ4n) is 3.03. The molecule has 3 rings (SSSR count). The third kappa shape index (κ3) is 1.94. The van der Waals surface area contributed by atoms with E-state index in [4.69, 9.17) is 4.74 Å². The second-order valence-electron chi connectivity index (χ2n) is 5.07. The lowest BCUT2D eigenvalue weighted by Gasteiger charge is -2.40. The Labute approximate surface area is 112 Å². The molecule has 1 amide bonds. The summed E-state index contributed by atoms with van der Waals surface area (Å²) in [5.41, 5.74) is 0.695. The highest BCUT2D eigenvalue weighted by Gasteiger charge is 2.49. The summed E-state index contributed by atoms with van der Waals surface area (Å²) < 4.78 is 5.18. The first-order chi connectivity index (χ1) is 9.26. The van der Waals surface area contributed by atoms with Gasteiger partial charge in [-0.05, 0) is 50.2 Å². The van der Waals surface area contributed by atoms with E-state index in [0.717, 1.165) is 37.4 Å². The summed E-state index contributed by atoms with van der Waals surface area (Å²) in [4.78, 5) is 14.4. The minimum absolute atomic E-state index is 0.157. The lowest BCUT2D eigenvalue weighted by atomic mass is 9.86. The van der Waals surface area contributed by atoms with Gasteiger partial charge in [0.2, 0.25) is 5.91 Å². The van der Waals surface area contributed by atoms with Gasteiger partial charge in [0.25, 0.3) is 0 Å². The van der Waals surface area contributed by atoms with Crippen LogP contribution >= 0.6 is 0 Å². The molecule has 1 aromatic carbocycles. The zero-order chi connectivity index (χ0) is 13.3. The van der Waals surface area contributed by atoms with Crippen molar-refractivity contribution in [3.05, 3.63) is 24.3 Å². The number of hydrogen-bond donors (Lipinski definition) is 2. The van der Waals surface area contributed by atoms with Gasteiger partial charge in [-0.3, -0.25) is 4.79 Å². The van der Waals surface area contributed by atoms with Crippen LogP contribution in [-0.2, 0) is 4.79 Å². The van der Waals surface area contributed by atoms with Gasteiger partial charge in [0.15, 0.2) is 0 Å². The first-order valence-corrected chi connectivity index (χ1v) is 6.67. The molecule has 2 aliphatic rings. The summed E-state index contributed by atoms with van der Waals surface area (Å²) in [6, 6.07) is 7.91. The van der Waals surface area contributed by atoms with E-state index in [1.807, 2.05) is 24.3 Å². The van der Waals surface area contributed by atoms with E-state index < -0.39 is 0 Å². The largest absolute Gasteiger partial charge is 0.497 e. The predicted molar refractivity (Wildman–Crippen MR) is 73.3 cm³/mol. The van der Waals surface area contributed by atoms with Gasteiger partial charge in [0.05, 0.1) is 13.8 Å². The molecule has 1 spiro atoms. The van der Waals surface area contributed by atoms with Crippen molar-refractivity contribution in [3.63, 3.8) is 0 Å². The van der Waals surface area contributed by atoms with Crippen LogP contribution in [0.25, 0.3) is 0 Å². The van der Waals surface area contributed by atoms with Crippen LogP contribution in [0.1, 0.15) is 12.8 Å². The van der Waals surface area contributed by atoms with Crippen LogP contribution in [0.2, 0.25) is 0 Å². The molecule has 2 saturated heterocycles. The molecule has 2 heterocycles. The molecule has 2 fully saturated rings. The average molecular weight is 261 g/mol. The number of rotatable bonds is 2. The van der Waals surface area contributed by atoms with Gasteiger partial charge < -0.3 is 20.3 Å². The van der Waals surface area contributed by atoms with E-state index >= 15 is 0 Å². The van der Waals surface area contributed by atoms with Gasteiger partial charge in [-0.25, -0.2) is 0 Å². The Balaban J connectivity index is 1.91. The maximum Gasteiger partial charge on any atom is 0.247 e. The molecular formula is C14H19N3O2. The Bertz CT molecular complexity index is 466. The van der Waals surface area contributed by atoms with Crippen molar-refractivity contribution in [2.45, 2.75) is 18.4 Å². The van der Waals surface area contributed by atoms with Gasteiger partial charge >= 0.3 is 0 Å². The van der Waals surface area contributed by atoms with Gasteiger partial charge in [-0.2, -0.15) is 0 Å². The molecule has 5 nitrogen and oxygen atoms in total. The quantitative estimate of drug-likeness (QED) is 0.823. The molecule has 5 heteroatoms. The Morgan fingerprint density at radius 3 is 2.53 bits per heavy atom. The van der Waals surface area contributed by atoms with Crippen LogP contribution < -0.4 is 20.3 Å². The second kappa shape index (κ2) is 4.74. The third-order valence-corrected chi connectivity index (χ3v) is 4.15. The van der Waals surface area contributed by atoms with Crippen molar-refractivity contribution < 1.29 is 9.53 Å². The van der Waals surface area contributed by atoms with Crippen LogP contribution in [0.15, 0.2) is 24.3 Å². The smallest absolute Gasteiger partial charge is 0.247 e. The van der Waals surface area contributed by atoms with Crippen molar-refractivity contribution in [1.29, 1.82) is 0 Å². The molecule has 0 bridgehead atoms. The highest BCUT2D eigenvalue weighted by molar-refractivity contribution is 5.93. The predicted octanol–water partition coefficient (Wildman–Crippen LogP) is 0.711. The molecule has 0 aromatic heterocycles. The van der Waals surface area contributed by atoms with E-state index in [0.29, 0.717) is 6.67 Å². The number of methoxy groups -OCH3 is 1. The number of carbonyl (C=O) groups excluding carboxylic acids is 1. The highest BCUT2D eigenvalue weighted by atomic mass is 16.5. The van der Waals surface area contributed by atoms with Crippen molar-refractivity contribution in [3.8, 4) is 5.75 Å². The molecule has 0 saturated carbocycles. The Hall–Kier alpha value is -1.75. The standard InChI is InChI=1S/C14H19N3O2/c1-19-12-4-2-11(3-5-12)17-10-16-13(18)14(17)6-8-15-9-7-14/h2-5,15H,6-10H2,1H3,(H,16,18). The summed E-state index contributed by atoms with van der Waals surface area (Å²) >= 11 is 0. The Morgan fingerprint density at radius 2 is 1.89 bits per heavy atom. The maximum atomic E-state index is 12.3. The normalized spacial score (nSPS) is 21.5. The number of nitrogens with one attached hydrogen (secondary N) is 2. The monoisotopic (exact) mass is 261 g/mol. The fraction of sp³-hybridized carbons (Fsp3) is 0.500. The molecule has 0 atom stereocenters. The van der Waals surface area contributed by atoms with Gasteiger partial charge in [-0.1, -0.05) is 0 Å². The van der Waals surface area contributed by atoms with Crippen LogP contribution in [0.3, 0.4) is 0 Å². The molecule has 0 aliphatic carbocycles. The number of hydrogen-bond acceptors (Lipinski definition) is 4. The number of benzene rings is 1. The van der Waals surface area contributed by atoms with Crippen molar-refractivity contribution >= 4 is 11.6 Å². The second-order valence-corrected chi connectivity index (χ2v) is 5.07. The average Bonchev–Trinajstić information content (AvgIpc) is 2.77. The summed E-state index contributed by atoms with van der Waals surface area (Å²) in [6.07, 6.45) is 1.70. The van der Waals surface area contributed by atoms with Crippen molar-refractivity contribution in [2.24, 2.45) is 0 Å². The third-order valence-electron chi connectivity index (χ3n) is 4.15. The van der Waals surface area contributed by atoms with E-state index in [1.165, 1.54) is 0 Å². The van der Waals surface area contributed by atoms with Crippen LogP contribution in [-0.4, -0.2) is 38.3 Å². The molecule has 19 heavy (non-hydrogen) atoms. The number of carbonyl (C=O) groups is 1. The van der Waals surface area contributed by atoms with Crippen LogP contribution in [0.5, 0.6) is 5.75 Å². The number of anilines is 1. The van der Waals surface area contributed by atoms with Crippen molar-refractivity contribution in [2.75, 3.05) is 31.8 Å². The zero-order valence-electron chi connectivity index (χ0n) is 11.1. The lowest BCUT2D eigenvalue weighted by molar-refractivity contribution is -0.124. The first-order valence-electron chi connectivity index (χ1n) is 6.67. The van der Waals surface area contributed by atoms with E-state index in [9.17, 15) is 4.79 Å². The van der Waals surface area contributed by atoms with Crippen LogP contribution in [0.4, 0.5) is 5.69 Å². The molecule has 2 aliphatic heterocycles. The fourth-order valence-corrected chi connectivity index (χ4v) is 3.03. The van der Waals surface area contributed by atoms with Gasteiger partial charge in [0, 0.05) is 5.69 Å². The zero-order valence-corrected chi connectivity index (χ0v) is 11.1. The highest BCUT2D eigenvalue weighted by Crippen LogP contribution is 2.35. The van der Waals surface area contributed by atoms with Crippen molar-refractivity contribution in [1.82, 2.24) is 10.6 Å². The van der Waals surface area contributed by atoms with Crippen LogP contribution in [0, 0.1) is 0 Å². The number of ether oxygens (including phenoxy) is 1. The van der Waals surface area contributed by atoms with Gasteiger partial charge in [-0.15, -0.1) is 0 Å². The minimum Gasteiger partial charge on any atom is -0.497 e. The minimum atomic E-state index is -0.375. The molecule has 2 N–H and O–H groups in total. The maximum absolute atomic E-state index is 12.3. The molecule has 0 unspecified atom stereocenters. The lowest BCUT2D eigenvalue weighted by Crippen LogP contribution is -2.55. The SMILES string of the molecule is COc1ccc(N2CNC(=O)C23CCNCC3)cc1. The summed E-state index contributed by atoms with van der Waals surface area (Å²) in [7, 11) is 1.66. The number of piperidine rings is 1. The number of amides is 1. The first kappa shape index (κ1) is 12.3. The number of nitrogens with zero attached hydrogens (tertiary/aromatic N) is 1. The molecular weight excluding hydrogens is 242 g/mol. The molecule has 0 radical (unpaired) electrons. The molecule has 102 valence electrons. The van der Waals surface area contributed by atoms with E-state index in [1.54, 1.807) is 7.11 Å². The topological polar surface area (TPSA) is 53.6 Å². The summed E-state index contributed by atoms with van der Waals surface area (Å²) in [6.45, 7) is 2.37. The Morgan fingerprint density at radius 1 is 1.21 bits per heavy atom. The van der Waals surface area contributed by atoms with E-state index in [2.05, 4.69) is 15.5 Å².